The third-order valence-corrected chi connectivity index (χ3v) is 4.76. The Balaban J connectivity index is 1.47. The minimum Gasteiger partial charge on any atom is -0.384 e. The second-order valence-corrected chi connectivity index (χ2v) is 6.27. The first-order chi connectivity index (χ1) is 9.31. The molecule has 3 rings (SSSR count). The van der Waals surface area contributed by atoms with E-state index in [0.717, 1.165) is 30.3 Å². The molecule has 2 aromatic rings. The van der Waals surface area contributed by atoms with Crippen molar-refractivity contribution >= 4 is 28.6 Å². The van der Waals surface area contributed by atoms with Gasteiger partial charge in [0, 0.05) is 41.8 Å². The third-order valence-electron chi connectivity index (χ3n) is 3.49. The van der Waals surface area contributed by atoms with Crippen LogP contribution in [0.3, 0.4) is 0 Å². The molecule has 0 fully saturated rings. The Morgan fingerprint density at radius 2 is 2.05 bits per heavy atom. The van der Waals surface area contributed by atoms with Gasteiger partial charge in [-0.2, -0.15) is 0 Å². The Kier molecular flexibility index (Phi) is 4.06. The molecule has 0 amide bonds. The van der Waals surface area contributed by atoms with Crippen molar-refractivity contribution < 1.29 is 0 Å². The molecule has 1 aliphatic rings. The lowest BCUT2D eigenvalue weighted by Crippen LogP contribution is -2.33. The Morgan fingerprint density at radius 3 is 2.89 bits per heavy atom. The summed E-state index contributed by atoms with van der Waals surface area (Å²) >= 11 is 7.76. The minimum atomic E-state index is 0.784. The zero-order chi connectivity index (χ0) is 13.1. The Labute approximate surface area is 123 Å². The molecule has 0 aliphatic carbocycles. The summed E-state index contributed by atoms with van der Waals surface area (Å²) in [5.74, 6) is 0. The molecule has 1 aromatic heterocycles. The van der Waals surface area contributed by atoms with E-state index in [2.05, 4.69) is 21.7 Å². The van der Waals surface area contributed by atoms with Gasteiger partial charge in [0.15, 0.2) is 0 Å². The van der Waals surface area contributed by atoms with Gasteiger partial charge in [0.05, 0.1) is 0 Å². The van der Waals surface area contributed by atoms with Crippen LogP contribution in [0.2, 0.25) is 5.02 Å². The maximum Gasteiger partial charge on any atom is 0.0407 e. The molecule has 0 radical (unpaired) electrons. The van der Waals surface area contributed by atoms with Crippen molar-refractivity contribution in [3.05, 3.63) is 51.2 Å². The van der Waals surface area contributed by atoms with Crippen LogP contribution in [0.15, 0.2) is 35.7 Å². The second-order valence-electron chi connectivity index (χ2n) is 4.83. The first-order valence-electron chi connectivity index (χ1n) is 6.58. The third kappa shape index (κ3) is 3.30. The van der Waals surface area contributed by atoms with E-state index in [1.165, 1.54) is 18.5 Å². The molecule has 0 atom stereocenters. The molecule has 2 nitrogen and oxygen atoms in total. The van der Waals surface area contributed by atoms with E-state index in [9.17, 15) is 0 Å². The van der Waals surface area contributed by atoms with Crippen LogP contribution in [-0.2, 0) is 13.0 Å². The van der Waals surface area contributed by atoms with Crippen LogP contribution in [-0.4, -0.2) is 24.5 Å². The van der Waals surface area contributed by atoms with Crippen molar-refractivity contribution in [1.82, 2.24) is 4.90 Å². The van der Waals surface area contributed by atoms with Crippen molar-refractivity contribution in [2.24, 2.45) is 0 Å². The number of rotatable bonds is 4. The summed E-state index contributed by atoms with van der Waals surface area (Å²) in [5, 5.41) is 6.43. The Morgan fingerprint density at radius 1 is 1.21 bits per heavy atom. The van der Waals surface area contributed by atoms with Crippen LogP contribution in [0.4, 0.5) is 5.69 Å². The minimum absolute atomic E-state index is 0.784. The fraction of sp³-hybridized carbons (Fsp3) is 0.333. The number of benzene rings is 1. The van der Waals surface area contributed by atoms with Gasteiger partial charge in [-0.1, -0.05) is 11.6 Å². The van der Waals surface area contributed by atoms with Gasteiger partial charge in [-0.05, 0) is 47.7 Å². The number of anilines is 1. The summed E-state index contributed by atoms with van der Waals surface area (Å²) in [6, 6.07) is 10.1. The van der Waals surface area contributed by atoms with Crippen molar-refractivity contribution in [3.8, 4) is 0 Å². The molecule has 4 heteroatoms. The van der Waals surface area contributed by atoms with E-state index in [1.807, 2.05) is 35.6 Å². The average molecular weight is 293 g/mol. The van der Waals surface area contributed by atoms with E-state index >= 15 is 0 Å². The highest BCUT2D eigenvalue weighted by Crippen LogP contribution is 2.23. The predicted molar refractivity (Wildman–Crippen MR) is 83.2 cm³/mol. The van der Waals surface area contributed by atoms with Crippen LogP contribution < -0.4 is 5.32 Å². The number of hydrogen-bond donors (Lipinski definition) is 1. The molecule has 0 bridgehead atoms. The van der Waals surface area contributed by atoms with E-state index < -0.39 is 0 Å². The van der Waals surface area contributed by atoms with Gasteiger partial charge in [-0.25, -0.2) is 0 Å². The standard InChI is InChI=1S/C15H17ClN2S/c16-13-1-3-14(4-2-13)17-7-9-18-8-5-15-12(11-18)6-10-19-15/h1-4,6,10,17H,5,7-9,11H2. The Hall–Kier alpha value is -1.03. The summed E-state index contributed by atoms with van der Waals surface area (Å²) in [4.78, 5) is 4.08. The van der Waals surface area contributed by atoms with Crippen molar-refractivity contribution in [2.75, 3.05) is 25.0 Å². The van der Waals surface area contributed by atoms with E-state index in [-0.39, 0.29) is 0 Å². The molecule has 100 valence electrons. The molecule has 0 spiro atoms. The number of thiophene rings is 1. The number of halogens is 1. The van der Waals surface area contributed by atoms with Gasteiger partial charge in [-0.3, -0.25) is 4.90 Å². The topological polar surface area (TPSA) is 15.3 Å². The zero-order valence-electron chi connectivity index (χ0n) is 10.7. The summed E-state index contributed by atoms with van der Waals surface area (Å²) in [5.41, 5.74) is 2.65. The van der Waals surface area contributed by atoms with E-state index in [0.29, 0.717) is 0 Å². The first-order valence-corrected chi connectivity index (χ1v) is 7.84. The van der Waals surface area contributed by atoms with Gasteiger partial charge < -0.3 is 5.32 Å². The summed E-state index contributed by atoms with van der Waals surface area (Å²) in [6.07, 6.45) is 1.20. The number of fused-ring (bicyclic) bond motifs is 1. The average Bonchev–Trinajstić information content (AvgIpc) is 2.88. The SMILES string of the molecule is Clc1ccc(NCCN2CCc3sccc3C2)cc1. The van der Waals surface area contributed by atoms with Crippen LogP contribution in [0.5, 0.6) is 0 Å². The van der Waals surface area contributed by atoms with Crippen molar-refractivity contribution in [3.63, 3.8) is 0 Å². The zero-order valence-corrected chi connectivity index (χ0v) is 12.3. The van der Waals surface area contributed by atoms with Gasteiger partial charge in [0.1, 0.15) is 0 Å². The maximum atomic E-state index is 5.87. The van der Waals surface area contributed by atoms with Gasteiger partial charge >= 0.3 is 0 Å². The first kappa shape index (κ1) is 13.0. The largest absolute Gasteiger partial charge is 0.384 e. The second kappa shape index (κ2) is 5.95. The summed E-state index contributed by atoms with van der Waals surface area (Å²) in [6.45, 7) is 4.33. The summed E-state index contributed by atoms with van der Waals surface area (Å²) < 4.78 is 0. The summed E-state index contributed by atoms with van der Waals surface area (Å²) in [7, 11) is 0. The highest BCUT2D eigenvalue weighted by molar-refractivity contribution is 7.10. The van der Waals surface area contributed by atoms with E-state index in [4.69, 9.17) is 11.6 Å². The molecule has 0 unspecified atom stereocenters. The molecule has 19 heavy (non-hydrogen) atoms. The highest BCUT2D eigenvalue weighted by Gasteiger charge is 2.16. The quantitative estimate of drug-likeness (QED) is 0.920. The molecule has 2 heterocycles. The van der Waals surface area contributed by atoms with Gasteiger partial charge in [0.2, 0.25) is 0 Å². The fourth-order valence-electron chi connectivity index (χ4n) is 2.42. The monoisotopic (exact) mass is 292 g/mol. The lowest BCUT2D eigenvalue weighted by Gasteiger charge is -2.26. The molecular formula is C15H17ClN2S. The van der Waals surface area contributed by atoms with Crippen LogP contribution in [0.25, 0.3) is 0 Å². The van der Waals surface area contributed by atoms with Gasteiger partial charge in [-0.15, -0.1) is 11.3 Å². The van der Waals surface area contributed by atoms with Gasteiger partial charge in [0.25, 0.3) is 0 Å². The van der Waals surface area contributed by atoms with Crippen LogP contribution in [0, 0.1) is 0 Å². The number of nitrogens with one attached hydrogen (secondary N) is 1. The lowest BCUT2D eigenvalue weighted by molar-refractivity contribution is 0.266. The molecule has 1 aromatic carbocycles. The smallest absolute Gasteiger partial charge is 0.0407 e. The van der Waals surface area contributed by atoms with Crippen LogP contribution in [0.1, 0.15) is 10.4 Å². The van der Waals surface area contributed by atoms with Crippen molar-refractivity contribution in [1.29, 1.82) is 0 Å². The Bertz CT molecular complexity index is 535. The maximum absolute atomic E-state index is 5.87. The molecular weight excluding hydrogens is 276 g/mol. The lowest BCUT2D eigenvalue weighted by atomic mass is 10.1. The number of hydrogen-bond acceptors (Lipinski definition) is 3. The number of nitrogens with zero attached hydrogens (tertiary/aromatic N) is 1. The fourth-order valence-corrected chi connectivity index (χ4v) is 3.44. The molecule has 1 N–H and O–H groups in total. The van der Waals surface area contributed by atoms with E-state index in [1.54, 1.807) is 4.88 Å². The predicted octanol–water partition coefficient (Wildman–Crippen LogP) is 3.87. The van der Waals surface area contributed by atoms with Crippen LogP contribution >= 0.6 is 22.9 Å². The molecule has 0 saturated carbocycles. The van der Waals surface area contributed by atoms with Crippen molar-refractivity contribution in [2.45, 2.75) is 13.0 Å². The molecule has 1 aliphatic heterocycles. The highest BCUT2D eigenvalue weighted by atomic mass is 35.5. The molecule has 0 saturated heterocycles. The normalized spacial score (nSPS) is 15.2.